The van der Waals surface area contributed by atoms with E-state index in [4.69, 9.17) is 14.7 Å². The molecule has 0 N–H and O–H groups in total. The molecule has 0 aromatic heterocycles. The number of ether oxygens (including phenoxy) is 2. The molecule has 1 aromatic rings. The zero-order valence-electron chi connectivity index (χ0n) is 9.61. The van der Waals surface area contributed by atoms with Crippen LogP contribution in [-0.4, -0.2) is 19.8 Å². The van der Waals surface area contributed by atoms with Gasteiger partial charge in [0.05, 0.1) is 18.2 Å². The Morgan fingerprint density at radius 3 is 2.50 bits per heavy atom. The van der Waals surface area contributed by atoms with E-state index in [9.17, 15) is 0 Å². The number of hydrogen-bond acceptors (Lipinski definition) is 3. The first-order valence-corrected chi connectivity index (χ1v) is 5.57. The molecule has 0 spiro atoms. The van der Waals surface area contributed by atoms with Crippen LogP contribution in [0.4, 0.5) is 0 Å². The molecule has 0 radical (unpaired) electrons. The normalized spacial score (nSPS) is 9.75. The van der Waals surface area contributed by atoms with E-state index in [1.54, 1.807) is 24.3 Å². The minimum Gasteiger partial charge on any atom is -0.491 e. The third-order valence-corrected chi connectivity index (χ3v) is 2.12. The maximum absolute atomic E-state index is 8.61. The first-order chi connectivity index (χ1) is 7.86. The SMILES string of the molecule is CCCCOCCOc1ccc(C#N)cc1. The minimum absolute atomic E-state index is 0.551. The molecule has 0 aliphatic rings. The smallest absolute Gasteiger partial charge is 0.119 e. The Balaban J connectivity index is 2.15. The molecule has 0 atom stereocenters. The molecule has 86 valence electrons. The van der Waals surface area contributed by atoms with Gasteiger partial charge in [0.2, 0.25) is 0 Å². The lowest BCUT2D eigenvalue weighted by Gasteiger charge is -2.06. The highest BCUT2D eigenvalue weighted by atomic mass is 16.5. The Morgan fingerprint density at radius 2 is 1.88 bits per heavy atom. The van der Waals surface area contributed by atoms with Gasteiger partial charge in [-0.3, -0.25) is 0 Å². The van der Waals surface area contributed by atoms with Crippen LogP contribution in [0, 0.1) is 11.3 Å². The molecule has 0 aliphatic heterocycles. The van der Waals surface area contributed by atoms with Crippen LogP contribution in [-0.2, 0) is 4.74 Å². The minimum atomic E-state index is 0.551. The summed E-state index contributed by atoms with van der Waals surface area (Å²) in [7, 11) is 0. The number of unbranched alkanes of at least 4 members (excludes halogenated alkanes) is 1. The number of hydrogen-bond donors (Lipinski definition) is 0. The van der Waals surface area contributed by atoms with Gasteiger partial charge in [0.1, 0.15) is 12.4 Å². The van der Waals surface area contributed by atoms with Crippen molar-refractivity contribution in [3.8, 4) is 11.8 Å². The van der Waals surface area contributed by atoms with Gasteiger partial charge < -0.3 is 9.47 Å². The predicted molar refractivity (Wildman–Crippen MR) is 62.4 cm³/mol. The van der Waals surface area contributed by atoms with Crippen molar-refractivity contribution in [2.75, 3.05) is 19.8 Å². The molecule has 3 heteroatoms. The molecule has 0 aliphatic carbocycles. The molecule has 0 unspecified atom stereocenters. The highest BCUT2D eigenvalue weighted by Gasteiger charge is 1.94. The lowest BCUT2D eigenvalue weighted by molar-refractivity contribution is 0.0980. The zero-order valence-corrected chi connectivity index (χ0v) is 9.61. The second-order valence-electron chi connectivity index (χ2n) is 3.45. The molecule has 0 bridgehead atoms. The Labute approximate surface area is 96.6 Å². The van der Waals surface area contributed by atoms with Gasteiger partial charge in [-0.25, -0.2) is 0 Å². The van der Waals surface area contributed by atoms with Gasteiger partial charge in [-0.15, -0.1) is 0 Å². The van der Waals surface area contributed by atoms with E-state index in [1.165, 1.54) is 0 Å². The van der Waals surface area contributed by atoms with Crippen LogP contribution < -0.4 is 4.74 Å². The van der Waals surface area contributed by atoms with Gasteiger partial charge in [0, 0.05) is 6.61 Å². The summed E-state index contributed by atoms with van der Waals surface area (Å²) < 4.78 is 10.8. The van der Waals surface area contributed by atoms with Gasteiger partial charge in [0.15, 0.2) is 0 Å². The molecule has 0 saturated carbocycles. The highest BCUT2D eigenvalue weighted by Crippen LogP contribution is 2.11. The fraction of sp³-hybridized carbons (Fsp3) is 0.462. The molecule has 0 fully saturated rings. The first kappa shape index (κ1) is 12.5. The maximum atomic E-state index is 8.61. The van der Waals surface area contributed by atoms with E-state index in [0.29, 0.717) is 18.8 Å². The summed E-state index contributed by atoms with van der Waals surface area (Å²) in [4.78, 5) is 0. The molecule has 3 nitrogen and oxygen atoms in total. The molecule has 0 saturated heterocycles. The van der Waals surface area contributed by atoms with Crippen molar-refractivity contribution < 1.29 is 9.47 Å². The summed E-state index contributed by atoms with van der Waals surface area (Å²) >= 11 is 0. The summed E-state index contributed by atoms with van der Waals surface area (Å²) in [6.45, 7) is 4.10. The Kier molecular flexibility index (Phi) is 6.05. The Bertz CT molecular complexity index is 327. The molecule has 0 amide bonds. The number of rotatable bonds is 7. The number of nitrogens with zero attached hydrogens (tertiary/aromatic N) is 1. The van der Waals surface area contributed by atoms with E-state index in [0.717, 1.165) is 25.2 Å². The standard InChI is InChI=1S/C13H17NO2/c1-2-3-8-15-9-10-16-13-6-4-12(11-14)5-7-13/h4-7H,2-3,8-10H2,1H3. The highest BCUT2D eigenvalue weighted by molar-refractivity contribution is 5.34. The third kappa shape index (κ3) is 4.81. The zero-order chi connectivity index (χ0) is 11.6. The quantitative estimate of drug-likeness (QED) is 0.662. The topological polar surface area (TPSA) is 42.2 Å². The second-order valence-corrected chi connectivity index (χ2v) is 3.45. The summed E-state index contributed by atoms with van der Waals surface area (Å²) in [5, 5.41) is 8.61. The Morgan fingerprint density at radius 1 is 1.12 bits per heavy atom. The third-order valence-electron chi connectivity index (χ3n) is 2.12. The fourth-order valence-corrected chi connectivity index (χ4v) is 1.19. The lowest BCUT2D eigenvalue weighted by atomic mass is 10.2. The van der Waals surface area contributed by atoms with Crippen molar-refractivity contribution >= 4 is 0 Å². The monoisotopic (exact) mass is 219 g/mol. The van der Waals surface area contributed by atoms with E-state index in [1.807, 2.05) is 0 Å². The fourth-order valence-electron chi connectivity index (χ4n) is 1.19. The first-order valence-electron chi connectivity index (χ1n) is 5.57. The lowest BCUT2D eigenvalue weighted by Crippen LogP contribution is -2.07. The van der Waals surface area contributed by atoms with Crippen molar-refractivity contribution in [3.05, 3.63) is 29.8 Å². The van der Waals surface area contributed by atoms with Crippen LogP contribution in [0.2, 0.25) is 0 Å². The summed E-state index contributed by atoms with van der Waals surface area (Å²) in [6.07, 6.45) is 2.24. The predicted octanol–water partition coefficient (Wildman–Crippen LogP) is 2.75. The van der Waals surface area contributed by atoms with Crippen LogP contribution in [0.5, 0.6) is 5.75 Å². The van der Waals surface area contributed by atoms with E-state index < -0.39 is 0 Å². The molecule has 1 rings (SSSR count). The molecular formula is C13H17NO2. The largest absolute Gasteiger partial charge is 0.491 e. The molecule has 1 aromatic carbocycles. The maximum Gasteiger partial charge on any atom is 0.119 e. The van der Waals surface area contributed by atoms with Gasteiger partial charge in [0.25, 0.3) is 0 Å². The van der Waals surface area contributed by atoms with E-state index >= 15 is 0 Å². The van der Waals surface area contributed by atoms with Crippen molar-refractivity contribution in [3.63, 3.8) is 0 Å². The van der Waals surface area contributed by atoms with Crippen LogP contribution >= 0.6 is 0 Å². The van der Waals surface area contributed by atoms with E-state index in [-0.39, 0.29) is 0 Å². The molecular weight excluding hydrogens is 202 g/mol. The number of benzene rings is 1. The van der Waals surface area contributed by atoms with E-state index in [2.05, 4.69) is 13.0 Å². The number of nitriles is 1. The van der Waals surface area contributed by atoms with Crippen molar-refractivity contribution in [1.29, 1.82) is 5.26 Å². The van der Waals surface area contributed by atoms with Crippen LogP contribution in [0.15, 0.2) is 24.3 Å². The molecule has 16 heavy (non-hydrogen) atoms. The average Bonchev–Trinajstić information content (AvgIpc) is 2.34. The van der Waals surface area contributed by atoms with Gasteiger partial charge >= 0.3 is 0 Å². The molecule has 0 heterocycles. The summed E-state index contributed by atoms with van der Waals surface area (Å²) in [6, 6.07) is 9.14. The van der Waals surface area contributed by atoms with Gasteiger partial charge in [-0.1, -0.05) is 13.3 Å². The summed E-state index contributed by atoms with van der Waals surface area (Å²) in [5.74, 6) is 0.776. The average molecular weight is 219 g/mol. The van der Waals surface area contributed by atoms with Crippen molar-refractivity contribution in [1.82, 2.24) is 0 Å². The van der Waals surface area contributed by atoms with Gasteiger partial charge in [-0.2, -0.15) is 5.26 Å². The van der Waals surface area contributed by atoms with Crippen LogP contribution in [0.1, 0.15) is 25.3 Å². The summed E-state index contributed by atoms with van der Waals surface area (Å²) in [5.41, 5.74) is 0.645. The van der Waals surface area contributed by atoms with Crippen LogP contribution in [0.3, 0.4) is 0 Å². The van der Waals surface area contributed by atoms with Crippen molar-refractivity contribution in [2.45, 2.75) is 19.8 Å². The van der Waals surface area contributed by atoms with Crippen molar-refractivity contribution in [2.24, 2.45) is 0 Å². The second kappa shape index (κ2) is 7.72. The Hall–Kier alpha value is -1.53. The van der Waals surface area contributed by atoms with Crippen LogP contribution in [0.25, 0.3) is 0 Å². The van der Waals surface area contributed by atoms with Gasteiger partial charge in [-0.05, 0) is 30.7 Å².